The fourth-order valence-corrected chi connectivity index (χ4v) is 3.56. The van der Waals surface area contributed by atoms with E-state index in [-0.39, 0.29) is 11.5 Å². The van der Waals surface area contributed by atoms with Crippen molar-refractivity contribution < 1.29 is 9.53 Å². The molecule has 0 aromatic carbocycles. The number of hydrogen-bond acceptors (Lipinski definition) is 2. The van der Waals surface area contributed by atoms with Crippen molar-refractivity contribution in [1.82, 2.24) is 0 Å². The minimum absolute atomic E-state index is 0.0204. The van der Waals surface area contributed by atoms with Gasteiger partial charge in [0.05, 0.1) is 6.10 Å². The highest BCUT2D eigenvalue weighted by molar-refractivity contribution is 5.71. The Bertz CT molecular complexity index is 709. The molecular formula is C26H38O2. The molecule has 28 heavy (non-hydrogen) atoms. The number of rotatable bonds is 9. The van der Waals surface area contributed by atoms with Crippen LogP contribution in [-0.2, 0) is 9.53 Å². The largest absolute Gasteiger partial charge is 0.377 e. The standard InChI is InChI=1S/C26H38O2/c1-20(14-16-25-23(4)12-9-17-26(25,5)6)10-8-11-21(2)18-24(28-7)15-13-22(3)19-27/h8,10-11,13-14,16,18-19,24H,9,12,15,17H2,1-7H3/b11-8+,16-14+,20-10+,21-18-,22-13+. The normalized spacial score (nSPS) is 20.3. The maximum atomic E-state index is 10.7. The van der Waals surface area contributed by atoms with Gasteiger partial charge >= 0.3 is 0 Å². The van der Waals surface area contributed by atoms with Crippen molar-refractivity contribution in [2.45, 2.75) is 73.3 Å². The molecule has 0 fully saturated rings. The summed E-state index contributed by atoms with van der Waals surface area (Å²) in [5, 5.41) is 0. The van der Waals surface area contributed by atoms with Gasteiger partial charge in [0, 0.05) is 7.11 Å². The average Bonchev–Trinajstić information content (AvgIpc) is 2.63. The van der Waals surface area contributed by atoms with E-state index in [2.05, 4.69) is 71.1 Å². The number of aldehydes is 1. The molecule has 0 saturated heterocycles. The Labute approximate surface area is 172 Å². The predicted octanol–water partition coefficient (Wildman–Crippen LogP) is 7.07. The van der Waals surface area contributed by atoms with Gasteiger partial charge in [-0.2, -0.15) is 0 Å². The lowest BCUT2D eigenvalue weighted by molar-refractivity contribution is -0.104. The summed E-state index contributed by atoms with van der Waals surface area (Å²) in [6.07, 6.45) is 20.2. The number of ether oxygens (including phenoxy) is 1. The number of hydrogen-bond donors (Lipinski definition) is 0. The van der Waals surface area contributed by atoms with Gasteiger partial charge in [0.2, 0.25) is 0 Å². The van der Waals surface area contributed by atoms with Gasteiger partial charge in [-0.05, 0) is 69.9 Å². The molecule has 154 valence electrons. The Morgan fingerprint density at radius 1 is 1.14 bits per heavy atom. The van der Waals surface area contributed by atoms with Gasteiger partial charge in [-0.3, -0.25) is 4.79 Å². The summed E-state index contributed by atoms with van der Waals surface area (Å²) in [5.74, 6) is 0. The van der Waals surface area contributed by atoms with E-state index in [1.165, 1.54) is 36.0 Å². The molecule has 1 aliphatic carbocycles. The highest BCUT2D eigenvalue weighted by atomic mass is 16.5. The third-order valence-electron chi connectivity index (χ3n) is 5.38. The number of methoxy groups -OCH3 is 1. The van der Waals surface area contributed by atoms with E-state index < -0.39 is 0 Å². The molecule has 1 aliphatic rings. The summed E-state index contributed by atoms with van der Waals surface area (Å²) >= 11 is 0. The lowest BCUT2D eigenvalue weighted by Gasteiger charge is -2.32. The van der Waals surface area contributed by atoms with Crippen LogP contribution in [0, 0.1) is 5.41 Å². The Kier molecular flexibility index (Phi) is 10.2. The molecule has 0 saturated carbocycles. The molecule has 0 amide bonds. The molecule has 0 heterocycles. The monoisotopic (exact) mass is 382 g/mol. The molecule has 2 nitrogen and oxygen atoms in total. The van der Waals surface area contributed by atoms with Gasteiger partial charge in [0.15, 0.2) is 0 Å². The second-order valence-corrected chi connectivity index (χ2v) is 8.52. The SMILES string of the molecule is COC(\C=C(C)/C=C/C=C(C)/C=C/C1=C(C)CCCC1(C)C)C/C=C(\C)C=O. The van der Waals surface area contributed by atoms with Crippen LogP contribution in [0.25, 0.3) is 0 Å². The zero-order valence-electron chi connectivity index (χ0n) is 18.8. The van der Waals surface area contributed by atoms with Gasteiger partial charge in [-0.15, -0.1) is 0 Å². The molecule has 0 aromatic heterocycles. The molecule has 2 heteroatoms. The third-order valence-corrected chi connectivity index (χ3v) is 5.38. The zero-order chi connectivity index (χ0) is 21.2. The number of carbonyl (C=O) groups excluding carboxylic acids is 1. The summed E-state index contributed by atoms with van der Waals surface area (Å²) in [4.78, 5) is 10.7. The number of allylic oxidation sites excluding steroid dienone is 10. The number of carbonyl (C=O) groups is 1. The summed E-state index contributed by atoms with van der Waals surface area (Å²) in [6, 6.07) is 0. The molecule has 1 unspecified atom stereocenters. The van der Waals surface area contributed by atoms with E-state index in [0.29, 0.717) is 6.42 Å². The van der Waals surface area contributed by atoms with Gasteiger partial charge in [-0.1, -0.05) is 73.1 Å². The summed E-state index contributed by atoms with van der Waals surface area (Å²) in [7, 11) is 1.69. The van der Waals surface area contributed by atoms with E-state index in [0.717, 1.165) is 17.4 Å². The summed E-state index contributed by atoms with van der Waals surface area (Å²) < 4.78 is 5.48. The van der Waals surface area contributed by atoms with Crippen molar-refractivity contribution in [3.05, 3.63) is 70.4 Å². The maximum absolute atomic E-state index is 10.7. The first kappa shape index (κ1) is 24.1. The minimum atomic E-state index is -0.0204. The Morgan fingerprint density at radius 2 is 1.86 bits per heavy atom. The molecule has 1 rings (SSSR count). The van der Waals surface area contributed by atoms with Gasteiger partial charge in [-0.25, -0.2) is 0 Å². The van der Waals surface area contributed by atoms with Crippen LogP contribution < -0.4 is 0 Å². The Balaban J connectivity index is 2.75. The van der Waals surface area contributed by atoms with Crippen LogP contribution in [0.1, 0.15) is 67.2 Å². The van der Waals surface area contributed by atoms with Gasteiger partial charge in [0.25, 0.3) is 0 Å². The molecule has 0 bridgehead atoms. The molecular weight excluding hydrogens is 344 g/mol. The molecule has 0 aliphatic heterocycles. The fraction of sp³-hybridized carbons (Fsp3) is 0.500. The lowest BCUT2D eigenvalue weighted by Crippen LogP contribution is -2.19. The van der Waals surface area contributed by atoms with E-state index in [1.54, 1.807) is 7.11 Å². The van der Waals surface area contributed by atoms with E-state index in [4.69, 9.17) is 4.74 Å². The average molecular weight is 383 g/mol. The van der Waals surface area contributed by atoms with Gasteiger partial charge < -0.3 is 4.74 Å². The van der Waals surface area contributed by atoms with Crippen molar-refractivity contribution in [2.75, 3.05) is 7.11 Å². The topological polar surface area (TPSA) is 26.3 Å². The van der Waals surface area contributed by atoms with E-state index >= 15 is 0 Å². The van der Waals surface area contributed by atoms with E-state index in [1.807, 2.05) is 13.0 Å². The minimum Gasteiger partial charge on any atom is -0.377 e. The van der Waals surface area contributed by atoms with Crippen molar-refractivity contribution in [2.24, 2.45) is 5.41 Å². The van der Waals surface area contributed by atoms with Crippen LogP contribution in [0.5, 0.6) is 0 Å². The quantitative estimate of drug-likeness (QED) is 0.242. The van der Waals surface area contributed by atoms with Gasteiger partial charge in [0.1, 0.15) is 6.29 Å². The van der Waals surface area contributed by atoms with Crippen molar-refractivity contribution >= 4 is 6.29 Å². The lowest BCUT2D eigenvalue weighted by atomic mass is 9.72. The second-order valence-electron chi connectivity index (χ2n) is 8.52. The molecule has 1 atom stereocenters. The van der Waals surface area contributed by atoms with Crippen LogP contribution >= 0.6 is 0 Å². The highest BCUT2D eigenvalue weighted by Crippen LogP contribution is 2.40. The van der Waals surface area contributed by atoms with Crippen molar-refractivity contribution in [1.29, 1.82) is 0 Å². The van der Waals surface area contributed by atoms with Crippen molar-refractivity contribution in [3.63, 3.8) is 0 Å². The Morgan fingerprint density at radius 3 is 2.46 bits per heavy atom. The molecule has 0 spiro atoms. The highest BCUT2D eigenvalue weighted by Gasteiger charge is 2.26. The first-order chi connectivity index (χ1) is 13.2. The van der Waals surface area contributed by atoms with Crippen LogP contribution in [0.2, 0.25) is 0 Å². The first-order valence-electron chi connectivity index (χ1n) is 10.3. The Hall–Kier alpha value is -1.93. The molecule has 0 N–H and O–H groups in total. The fourth-order valence-electron chi connectivity index (χ4n) is 3.56. The van der Waals surface area contributed by atoms with Crippen molar-refractivity contribution in [3.8, 4) is 0 Å². The summed E-state index contributed by atoms with van der Waals surface area (Å²) in [5.41, 5.74) is 6.41. The second kappa shape index (κ2) is 11.8. The molecule has 0 aromatic rings. The molecule has 0 radical (unpaired) electrons. The van der Waals surface area contributed by atoms with Crippen LogP contribution in [0.15, 0.2) is 70.4 Å². The van der Waals surface area contributed by atoms with Crippen LogP contribution in [-0.4, -0.2) is 19.5 Å². The zero-order valence-corrected chi connectivity index (χ0v) is 18.8. The third kappa shape index (κ3) is 8.39. The van der Waals surface area contributed by atoms with Crippen LogP contribution in [0.4, 0.5) is 0 Å². The summed E-state index contributed by atoms with van der Waals surface area (Å²) in [6.45, 7) is 13.0. The predicted molar refractivity (Wildman–Crippen MR) is 121 cm³/mol. The smallest absolute Gasteiger partial charge is 0.145 e. The first-order valence-corrected chi connectivity index (χ1v) is 10.3. The van der Waals surface area contributed by atoms with E-state index in [9.17, 15) is 4.79 Å². The van der Waals surface area contributed by atoms with Crippen LogP contribution in [0.3, 0.4) is 0 Å². The maximum Gasteiger partial charge on any atom is 0.145 e.